The van der Waals surface area contributed by atoms with E-state index in [9.17, 15) is 4.79 Å². The monoisotopic (exact) mass is 194 g/mol. The second-order valence-corrected chi connectivity index (χ2v) is 3.13. The predicted molar refractivity (Wildman–Crippen MR) is 54.3 cm³/mol. The van der Waals surface area contributed by atoms with E-state index in [1.54, 1.807) is 6.20 Å². The highest BCUT2D eigenvalue weighted by Crippen LogP contribution is 2.08. The molecule has 1 atom stereocenters. The molecule has 1 heterocycles. The molecule has 0 aliphatic carbocycles. The molecule has 0 saturated heterocycles. The molecule has 1 unspecified atom stereocenters. The Kier molecular flexibility index (Phi) is 3.45. The molecule has 0 aliphatic heterocycles. The molecule has 2 N–H and O–H groups in total. The van der Waals surface area contributed by atoms with Gasteiger partial charge in [-0.1, -0.05) is 6.92 Å². The first-order chi connectivity index (χ1) is 6.63. The van der Waals surface area contributed by atoms with Crippen LogP contribution < -0.4 is 5.32 Å². The van der Waals surface area contributed by atoms with Crippen molar-refractivity contribution in [3.05, 3.63) is 24.0 Å². The molecular weight excluding hydrogens is 180 g/mol. The van der Waals surface area contributed by atoms with Crippen molar-refractivity contribution in [1.82, 2.24) is 4.98 Å². The van der Waals surface area contributed by atoms with Gasteiger partial charge >= 0.3 is 5.97 Å². The highest BCUT2D eigenvalue weighted by Gasteiger charge is 2.13. The SMILES string of the molecule is CCC(Nc1ccc(C)nc1)C(=O)O. The van der Waals surface area contributed by atoms with E-state index < -0.39 is 12.0 Å². The average Bonchev–Trinajstić information content (AvgIpc) is 2.16. The zero-order chi connectivity index (χ0) is 10.6. The average molecular weight is 194 g/mol. The van der Waals surface area contributed by atoms with Gasteiger partial charge < -0.3 is 10.4 Å². The summed E-state index contributed by atoms with van der Waals surface area (Å²) in [5.41, 5.74) is 1.66. The molecule has 0 saturated carbocycles. The van der Waals surface area contributed by atoms with E-state index in [4.69, 9.17) is 5.11 Å². The van der Waals surface area contributed by atoms with Crippen molar-refractivity contribution in [3.63, 3.8) is 0 Å². The van der Waals surface area contributed by atoms with Gasteiger partial charge in [0.2, 0.25) is 0 Å². The van der Waals surface area contributed by atoms with E-state index >= 15 is 0 Å². The first-order valence-electron chi connectivity index (χ1n) is 4.55. The van der Waals surface area contributed by atoms with Crippen molar-refractivity contribution in [1.29, 1.82) is 0 Å². The topological polar surface area (TPSA) is 62.2 Å². The molecule has 4 nitrogen and oxygen atoms in total. The lowest BCUT2D eigenvalue weighted by Gasteiger charge is -2.12. The van der Waals surface area contributed by atoms with Crippen LogP contribution in [-0.2, 0) is 4.79 Å². The Labute approximate surface area is 83.0 Å². The maximum Gasteiger partial charge on any atom is 0.326 e. The van der Waals surface area contributed by atoms with E-state index in [1.165, 1.54) is 0 Å². The first kappa shape index (κ1) is 10.5. The zero-order valence-electron chi connectivity index (χ0n) is 8.32. The number of nitrogens with one attached hydrogen (secondary N) is 1. The van der Waals surface area contributed by atoms with Crippen LogP contribution in [0.15, 0.2) is 18.3 Å². The number of rotatable bonds is 4. The minimum atomic E-state index is -0.840. The van der Waals surface area contributed by atoms with Crippen LogP contribution >= 0.6 is 0 Å². The molecule has 76 valence electrons. The van der Waals surface area contributed by atoms with Gasteiger partial charge in [0.05, 0.1) is 11.9 Å². The fourth-order valence-corrected chi connectivity index (χ4v) is 1.09. The number of aryl methyl sites for hydroxylation is 1. The molecule has 4 heteroatoms. The smallest absolute Gasteiger partial charge is 0.326 e. The van der Waals surface area contributed by atoms with Crippen LogP contribution in [0.25, 0.3) is 0 Å². The van der Waals surface area contributed by atoms with Gasteiger partial charge in [-0.15, -0.1) is 0 Å². The highest BCUT2D eigenvalue weighted by atomic mass is 16.4. The van der Waals surface area contributed by atoms with Gasteiger partial charge in [0.1, 0.15) is 6.04 Å². The standard InChI is InChI=1S/C10H14N2O2/c1-3-9(10(13)14)12-8-5-4-7(2)11-6-8/h4-6,9,12H,3H2,1-2H3,(H,13,14). The van der Waals surface area contributed by atoms with Crippen LogP contribution in [0.4, 0.5) is 5.69 Å². The van der Waals surface area contributed by atoms with Crippen LogP contribution in [-0.4, -0.2) is 22.1 Å². The molecular formula is C10H14N2O2. The van der Waals surface area contributed by atoms with E-state index in [1.807, 2.05) is 26.0 Å². The molecule has 1 aromatic rings. The third-order valence-electron chi connectivity index (χ3n) is 1.96. The van der Waals surface area contributed by atoms with Gasteiger partial charge in [-0.2, -0.15) is 0 Å². The Morgan fingerprint density at radius 3 is 2.79 bits per heavy atom. The maximum absolute atomic E-state index is 10.7. The summed E-state index contributed by atoms with van der Waals surface area (Å²) in [6, 6.07) is 3.13. The molecule has 0 amide bonds. The summed E-state index contributed by atoms with van der Waals surface area (Å²) in [5, 5.41) is 11.7. The van der Waals surface area contributed by atoms with Gasteiger partial charge in [0.25, 0.3) is 0 Å². The van der Waals surface area contributed by atoms with Crippen molar-refractivity contribution in [2.24, 2.45) is 0 Å². The third-order valence-corrected chi connectivity index (χ3v) is 1.96. The normalized spacial score (nSPS) is 12.1. The molecule has 1 rings (SSSR count). The number of hydrogen-bond acceptors (Lipinski definition) is 3. The summed E-state index contributed by atoms with van der Waals surface area (Å²) in [4.78, 5) is 14.8. The minimum absolute atomic E-state index is 0.542. The third kappa shape index (κ3) is 2.73. The van der Waals surface area contributed by atoms with Gasteiger partial charge in [-0.25, -0.2) is 4.79 Å². The zero-order valence-corrected chi connectivity index (χ0v) is 8.32. The van der Waals surface area contributed by atoms with Crippen LogP contribution in [0, 0.1) is 6.92 Å². The second-order valence-electron chi connectivity index (χ2n) is 3.13. The number of aliphatic carboxylic acids is 1. The van der Waals surface area contributed by atoms with Crippen molar-refractivity contribution in [3.8, 4) is 0 Å². The number of carboxylic acid groups (broad SMARTS) is 1. The van der Waals surface area contributed by atoms with Crippen molar-refractivity contribution < 1.29 is 9.90 Å². The van der Waals surface area contributed by atoms with Crippen LogP contribution in [0.2, 0.25) is 0 Å². The quantitative estimate of drug-likeness (QED) is 0.765. The highest BCUT2D eigenvalue weighted by molar-refractivity contribution is 5.77. The van der Waals surface area contributed by atoms with E-state index in [2.05, 4.69) is 10.3 Å². The summed E-state index contributed by atoms with van der Waals surface area (Å²) >= 11 is 0. The minimum Gasteiger partial charge on any atom is -0.480 e. The lowest BCUT2D eigenvalue weighted by Crippen LogP contribution is -2.28. The maximum atomic E-state index is 10.7. The van der Waals surface area contributed by atoms with Gasteiger partial charge in [-0.05, 0) is 25.5 Å². The van der Waals surface area contributed by atoms with Crippen LogP contribution in [0.1, 0.15) is 19.0 Å². The van der Waals surface area contributed by atoms with Crippen LogP contribution in [0.5, 0.6) is 0 Å². The largest absolute Gasteiger partial charge is 0.480 e. The lowest BCUT2D eigenvalue weighted by molar-refractivity contribution is -0.137. The number of anilines is 1. The van der Waals surface area contributed by atoms with Crippen LogP contribution in [0.3, 0.4) is 0 Å². The second kappa shape index (κ2) is 4.60. The van der Waals surface area contributed by atoms with Gasteiger partial charge in [0.15, 0.2) is 0 Å². The van der Waals surface area contributed by atoms with E-state index in [0.717, 1.165) is 11.4 Å². The predicted octanol–water partition coefficient (Wildman–Crippen LogP) is 1.67. The molecule has 0 fully saturated rings. The summed E-state index contributed by atoms with van der Waals surface area (Å²) < 4.78 is 0. The molecule has 14 heavy (non-hydrogen) atoms. The van der Waals surface area contributed by atoms with Gasteiger partial charge in [-0.3, -0.25) is 4.98 Å². The fraction of sp³-hybridized carbons (Fsp3) is 0.400. The molecule has 0 spiro atoms. The Morgan fingerprint density at radius 2 is 2.36 bits per heavy atom. The molecule has 0 aliphatic rings. The molecule has 0 aromatic carbocycles. The lowest BCUT2D eigenvalue weighted by atomic mass is 10.2. The Morgan fingerprint density at radius 1 is 1.64 bits per heavy atom. The molecule has 0 bridgehead atoms. The number of aromatic nitrogens is 1. The van der Waals surface area contributed by atoms with Gasteiger partial charge in [0, 0.05) is 5.69 Å². The summed E-state index contributed by atoms with van der Waals surface area (Å²) in [7, 11) is 0. The molecule has 1 aromatic heterocycles. The summed E-state index contributed by atoms with van der Waals surface area (Å²) in [5.74, 6) is -0.840. The number of carbonyl (C=O) groups is 1. The summed E-state index contributed by atoms with van der Waals surface area (Å²) in [6.45, 7) is 3.71. The number of carboxylic acids is 1. The number of nitrogens with zero attached hydrogens (tertiary/aromatic N) is 1. The Bertz CT molecular complexity index is 308. The first-order valence-corrected chi connectivity index (χ1v) is 4.55. The number of hydrogen-bond donors (Lipinski definition) is 2. The van der Waals surface area contributed by atoms with Crippen molar-refractivity contribution >= 4 is 11.7 Å². The fourth-order valence-electron chi connectivity index (χ4n) is 1.09. The van der Waals surface area contributed by atoms with Crippen molar-refractivity contribution in [2.45, 2.75) is 26.3 Å². The Hall–Kier alpha value is -1.58. The Balaban J connectivity index is 2.67. The van der Waals surface area contributed by atoms with Crippen molar-refractivity contribution in [2.75, 3.05) is 5.32 Å². The molecule has 0 radical (unpaired) electrons. The van der Waals surface area contributed by atoms with E-state index in [0.29, 0.717) is 6.42 Å². The number of pyridine rings is 1. The van der Waals surface area contributed by atoms with E-state index in [-0.39, 0.29) is 0 Å². The summed E-state index contributed by atoms with van der Waals surface area (Å²) in [6.07, 6.45) is 2.18.